The smallest absolute Gasteiger partial charge is 0.289 e. The number of H-pyrrole nitrogens is 1. The van der Waals surface area contributed by atoms with Crippen LogP contribution in [0, 0.1) is 0 Å². The van der Waals surface area contributed by atoms with Gasteiger partial charge in [-0.3, -0.25) is 9.89 Å². The van der Waals surface area contributed by atoms with Crippen molar-refractivity contribution in [3.8, 4) is 0 Å². The number of hydrogen-bond acceptors (Lipinski definition) is 5. The minimum atomic E-state index is -0.311. The molecule has 1 aliphatic carbocycles. The van der Waals surface area contributed by atoms with Gasteiger partial charge in [-0.2, -0.15) is 5.10 Å². The second-order valence-corrected chi connectivity index (χ2v) is 5.60. The van der Waals surface area contributed by atoms with E-state index in [1.165, 1.54) is 0 Å². The van der Waals surface area contributed by atoms with Gasteiger partial charge in [0.25, 0.3) is 5.91 Å². The standard InChI is InChI=1S/C14H16N6O/c21-13(19-14(3-4-14)11-2-6-17-20-11)12-16-8-9-7-15-5-1-10(9)18-12/h2,6,8,15H,1,3-5,7H2,(H,17,20)(H,19,21). The molecule has 0 aromatic carbocycles. The first kappa shape index (κ1) is 12.5. The molecule has 0 spiro atoms. The molecule has 2 aliphatic rings. The fraction of sp³-hybridized carbons (Fsp3) is 0.429. The molecule has 3 N–H and O–H groups in total. The van der Waals surface area contributed by atoms with Crippen LogP contribution in [0.3, 0.4) is 0 Å². The molecule has 3 heterocycles. The molecule has 7 heteroatoms. The van der Waals surface area contributed by atoms with Gasteiger partial charge >= 0.3 is 0 Å². The van der Waals surface area contributed by atoms with Crippen molar-refractivity contribution in [2.24, 2.45) is 0 Å². The lowest BCUT2D eigenvalue weighted by molar-refractivity contribution is 0.0918. The molecule has 0 unspecified atom stereocenters. The van der Waals surface area contributed by atoms with Crippen molar-refractivity contribution in [3.63, 3.8) is 0 Å². The summed E-state index contributed by atoms with van der Waals surface area (Å²) in [5.74, 6) is 0.0323. The van der Waals surface area contributed by atoms with Gasteiger partial charge in [0.2, 0.25) is 5.82 Å². The molecule has 1 fully saturated rings. The van der Waals surface area contributed by atoms with E-state index < -0.39 is 0 Å². The topological polar surface area (TPSA) is 95.6 Å². The molecule has 0 atom stereocenters. The third-order valence-corrected chi connectivity index (χ3v) is 4.13. The van der Waals surface area contributed by atoms with Gasteiger partial charge in [0.1, 0.15) is 0 Å². The average Bonchev–Trinajstić information content (AvgIpc) is 3.08. The molecule has 0 saturated heterocycles. The van der Waals surface area contributed by atoms with Crippen LogP contribution < -0.4 is 10.6 Å². The van der Waals surface area contributed by atoms with Crippen LogP contribution in [0.25, 0.3) is 0 Å². The van der Waals surface area contributed by atoms with Crippen LogP contribution in [0.15, 0.2) is 18.5 Å². The van der Waals surface area contributed by atoms with Crippen molar-refractivity contribution in [2.45, 2.75) is 31.3 Å². The van der Waals surface area contributed by atoms with Crippen molar-refractivity contribution in [1.29, 1.82) is 0 Å². The van der Waals surface area contributed by atoms with Gasteiger partial charge in [-0.1, -0.05) is 0 Å². The van der Waals surface area contributed by atoms with Crippen LogP contribution >= 0.6 is 0 Å². The quantitative estimate of drug-likeness (QED) is 0.751. The number of hydrogen-bond donors (Lipinski definition) is 3. The van der Waals surface area contributed by atoms with Crippen LogP contribution in [-0.4, -0.2) is 32.6 Å². The van der Waals surface area contributed by atoms with E-state index in [-0.39, 0.29) is 17.3 Å². The predicted molar refractivity (Wildman–Crippen MR) is 74.4 cm³/mol. The Bertz CT molecular complexity index is 677. The maximum Gasteiger partial charge on any atom is 0.289 e. The highest BCUT2D eigenvalue weighted by Gasteiger charge is 2.47. The monoisotopic (exact) mass is 284 g/mol. The van der Waals surface area contributed by atoms with Gasteiger partial charge in [-0.05, 0) is 18.9 Å². The van der Waals surface area contributed by atoms with Crippen molar-refractivity contribution in [3.05, 3.63) is 41.2 Å². The summed E-state index contributed by atoms with van der Waals surface area (Å²) in [6.07, 6.45) is 6.11. The first-order chi connectivity index (χ1) is 10.3. The number of nitrogens with zero attached hydrogens (tertiary/aromatic N) is 3. The number of nitrogens with one attached hydrogen (secondary N) is 3. The fourth-order valence-electron chi connectivity index (χ4n) is 2.73. The number of carbonyl (C=O) groups is 1. The first-order valence-corrected chi connectivity index (χ1v) is 7.15. The number of rotatable bonds is 3. The Balaban J connectivity index is 1.56. The summed E-state index contributed by atoms with van der Waals surface area (Å²) in [7, 11) is 0. The van der Waals surface area contributed by atoms with Gasteiger partial charge in [0.15, 0.2) is 0 Å². The van der Waals surface area contributed by atoms with E-state index in [9.17, 15) is 4.79 Å². The molecule has 1 aliphatic heterocycles. The number of aromatic nitrogens is 4. The molecule has 21 heavy (non-hydrogen) atoms. The first-order valence-electron chi connectivity index (χ1n) is 7.15. The molecule has 1 amide bonds. The maximum absolute atomic E-state index is 12.4. The minimum absolute atomic E-state index is 0.219. The van der Waals surface area contributed by atoms with Gasteiger partial charge in [-0.15, -0.1) is 0 Å². The summed E-state index contributed by atoms with van der Waals surface area (Å²) in [5, 5.41) is 13.2. The highest BCUT2D eigenvalue weighted by Crippen LogP contribution is 2.44. The third-order valence-electron chi connectivity index (χ3n) is 4.13. The largest absolute Gasteiger partial charge is 0.338 e. The van der Waals surface area contributed by atoms with E-state index in [1.807, 2.05) is 6.07 Å². The van der Waals surface area contributed by atoms with Crippen LogP contribution in [0.4, 0.5) is 0 Å². The Hall–Kier alpha value is -2.28. The molecular formula is C14H16N6O. The van der Waals surface area contributed by atoms with E-state index >= 15 is 0 Å². The molecule has 2 aromatic heterocycles. The third kappa shape index (κ3) is 2.19. The molecular weight excluding hydrogens is 268 g/mol. The van der Waals surface area contributed by atoms with Crippen LogP contribution in [0.1, 0.15) is 40.4 Å². The van der Waals surface area contributed by atoms with Gasteiger partial charge in [0.05, 0.1) is 16.9 Å². The molecule has 1 saturated carbocycles. The SMILES string of the molecule is O=C(NC1(c2ccn[nH]2)CC1)c1ncc2c(n1)CCNC2. The Morgan fingerprint density at radius 3 is 3.05 bits per heavy atom. The number of fused-ring (bicyclic) bond motifs is 1. The number of aromatic amines is 1. The van der Waals surface area contributed by atoms with E-state index in [0.717, 1.165) is 49.3 Å². The summed E-state index contributed by atoms with van der Waals surface area (Å²) in [5.41, 5.74) is 2.68. The molecule has 108 valence electrons. The van der Waals surface area contributed by atoms with Gasteiger partial charge < -0.3 is 10.6 Å². The second kappa shape index (κ2) is 4.63. The Labute approximate surface area is 121 Å². The van der Waals surface area contributed by atoms with Crippen LogP contribution in [0.2, 0.25) is 0 Å². The Morgan fingerprint density at radius 1 is 1.38 bits per heavy atom. The van der Waals surface area contributed by atoms with Gasteiger partial charge in [0, 0.05) is 37.5 Å². The molecule has 4 rings (SSSR count). The summed E-state index contributed by atoms with van der Waals surface area (Å²) >= 11 is 0. The lowest BCUT2D eigenvalue weighted by Gasteiger charge is -2.18. The Kier molecular flexibility index (Phi) is 2.75. The number of amides is 1. The zero-order valence-corrected chi connectivity index (χ0v) is 11.5. The van der Waals surface area contributed by atoms with E-state index in [4.69, 9.17) is 0 Å². The molecule has 0 bridgehead atoms. The Morgan fingerprint density at radius 2 is 2.29 bits per heavy atom. The van der Waals surface area contributed by atoms with Crippen LogP contribution in [-0.2, 0) is 18.5 Å². The lowest BCUT2D eigenvalue weighted by Crippen LogP contribution is -2.36. The highest BCUT2D eigenvalue weighted by molar-refractivity contribution is 5.91. The summed E-state index contributed by atoms with van der Waals surface area (Å²) < 4.78 is 0. The normalized spacial score (nSPS) is 18.9. The summed E-state index contributed by atoms with van der Waals surface area (Å²) in [6.45, 7) is 1.67. The molecule has 2 aromatic rings. The average molecular weight is 284 g/mol. The molecule has 0 radical (unpaired) electrons. The maximum atomic E-state index is 12.4. The minimum Gasteiger partial charge on any atom is -0.338 e. The van der Waals surface area contributed by atoms with Crippen molar-refractivity contribution < 1.29 is 4.79 Å². The van der Waals surface area contributed by atoms with Crippen molar-refractivity contribution >= 4 is 5.91 Å². The van der Waals surface area contributed by atoms with Crippen LogP contribution in [0.5, 0.6) is 0 Å². The second-order valence-electron chi connectivity index (χ2n) is 5.60. The van der Waals surface area contributed by atoms with Crippen molar-refractivity contribution in [2.75, 3.05) is 6.54 Å². The zero-order chi connectivity index (χ0) is 14.3. The zero-order valence-electron chi connectivity index (χ0n) is 11.5. The van der Waals surface area contributed by atoms with Gasteiger partial charge in [-0.25, -0.2) is 9.97 Å². The van der Waals surface area contributed by atoms with E-state index in [1.54, 1.807) is 12.4 Å². The van der Waals surface area contributed by atoms with E-state index in [2.05, 4.69) is 30.8 Å². The predicted octanol–water partition coefficient (Wildman–Crippen LogP) is 0.264. The lowest BCUT2D eigenvalue weighted by atomic mass is 10.1. The highest BCUT2D eigenvalue weighted by atomic mass is 16.2. The van der Waals surface area contributed by atoms with Crippen molar-refractivity contribution in [1.82, 2.24) is 30.8 Å². The molecule has 7 nitrogen and oxygen atoms in total. The van der Waals surface area contributed by atoms with E-state index in [0.29, 0.717) is 0 Å². The summed E-state index contributed by atoms with van der Waals surface area (Å²) in [4.78, 5) is 21.0. The number of carbonyl (C=O) groups excluding carboxylic acids is 1. The fourth-order valence-corrected chi connectivity index (χ4v) is 2.73. The summed E-state index contributed by atoms with van der Waals surface area (Å²) in [6, 6.07) is 1.90.